The Morgan fingerprint density at radius 3 is 2.50 bits per heavy atom. The molecule has 0 unspecified atom stereocenters. The first kappa shape index (κ1) is 19.8. The van der Waals surface area contributed by atoms with Gasteiger partial charge in [-0.3, -0.25) is 4.79 Å². The van der Waals surface area contributed by atoms with E-state index in [2.05, 4.69) is 38.5 Å². The van der Waals surface area contributed by atoms with E-state index in [1.807, 2.05) is 61.2 Å². The normalized spacial score (nSPS) is 11.2. The van der Waals surface area contributed by atoms with Gasteiger partial charge in [0.05, 0.1) is 18.3 Å². The summed E-state index contributed by atoms with van der Waals surface area (Å²) >= 11 is 0. The van der Waals surface area contributed by atoms with Gasteiger partial charge in [-0.05, 0) is 36.9 Å². The monoisotopic (exact) mass is 399 g/mol. The number of pyridine rings is 1. The number of fused-ring (bicyclic) bond motifs is 1. The van der Waals surface area contributed by atoms with Gasteiger partial charge in [0.15, 0.2) is 5.65 Å². The van der Waals surface area contributed by atoms with Crippen molar-refractivity contribution >= 4 is 16.9 Å². The fraction of sp³-hybridized carbons (Fsp3) is 0.208. The lowest BCUT2D eigenvalue weighted by Crippen LogP contribution is -2.24. The summed E-state index contributed by atoms with van der Waals surface area (Å²) < 4.78 is 1.85. The predicted octanol–water partition coefficient (Wildman–Crippen LogP) is 3.47. The third kappa shape index (κ3) is 4.55. The average Bonchev–Trinajstić information content (AvgIpc) is 3.15. The van der Waals surface area contributed by atoms with Crippen LogP contribution in [0.25, 0.3) is 11.0 Å². The van der Waals surface area contributed by atoms with Gasteiger partial charge in [0, 0.05) is 24.7 Å². The Bertz CT molecular complexity index is 1150. The van der Waals surface area contributed by atoms with Crippen LogP contribution in [0, 0.1) is 0 Å². The molecule has 0 atom stereocenters. The van der Waals surface area contributed by atoms with E-state index in [9.17, 15) is 4.79 Å². The number of hydrogen-bond acceptors (Lipinski definition) is 4. The molecule has 152 valence electrons. The lowest BCUT2D eigenvalue weighted by Gasteiger charge is -2.14. The molecule has 6 heteroatoms. The lowest BCUT2D eigenvalue weighted by atomic mass is 10.1. The van der Waals surface area contributed by atoms with Crippen LogP contribution in [0.5, 0.6) is 0 Å². The van der Waals surface area contributed by atoms with E-state index in [1.165, 1.54) is 5.56 Å². The van der Waals surface area contributed by atoms with Gasteiger partial charge >= 0.3 is 0 Å². The van der Waals surface area contributed by atoms with Gasteiger partial charge in [0.2, 0.25) is 0 Å². The average molecular weight is 399 g/mol. The minimum absolute atomic E-state index is 0.139. The second kappa shape index (κ2) is 8.88. The molecule has 2 aromatic carbocycles. The quantitative estimate of drug-likeness (QED) is 0.517. The van der Waals surface area contributed by atoms with E-state index < -0.39 is 0 Å². The highest BCUT2D eigenvalue weighted by molar-refractivity contribution is 5.96. The van der Waals surface area contributed by atoms with Crippen molar-refractivity contribution in [3.8, 4) is 0 Å². The number of carbonyl (C=O) groups excluding carboxylic acids is 1. The number of hydrogen-bond donors (Lipinski definition) is 1. The van der Waals surface area contributed by atoms with Crippen molar-refractivity contribution in [1.82, 2.24) is 25.0 Å². The maximum Gasteiger partial charge on any atom is 0.253 e. The Labute approximate surface area is 176 Å². The third-order valence-electron chi connectivity index (χ3n) is 4.96. The second-order valence-electron chi connectivity index (χ2n) is 7.61. The van der Waals surface area contributed by atoms with Crippen LogP contribution < -0.4 is 5.32 Å². The summed E-state index contributed by atoms with van der Waals surface area (Å²) in [5.74, 6) is -0.139. The molecular weight excluding hydrogens is 374 g/mol. The molecule has 1 N–H and O–H groups in total. The summed E-state index contributed by atoms with van der Waals surface area (Å²) in [6.07, 6.45) is 3.38. The van der Waals surface area contributed by atoms with Crippen molar-refractivity contribution in [2.24, 2.45) is 0 Å². The van der Waals surface area contributed by atoms with E-state index in [1.54, 1.807) is 12.4 Å². The molecule has 0 bridgehead atoms. The first-order chi connectivity index (χ1) is 14.6. The zero-order chi connectivity index (χ0) is 20.9. The molecule has 6 nitrogen and oxygen atoms in total. The van der Waals surface area contributed by atoms with Crippen molar-refractivity contribution in [3.05, 3.63) is 95.3 Å². The van der Waals surface area contributed by atoms with Crippen molar-refractivity contribution in [1.29, 1.82) is 0 Å². The summed E-state index contributed by atoms with van der Waals surface area (Å²) in [6, 6.07) is 20.1. The van der Waals surface area contributed by atoms with E-state index >= 15 is 0 Å². The largest absolute Gasteiger partial charge is 0.348 e. The molecule has 2 heterocycles. The van der Waals surface area contributed by atoms with Crippen LogP contribution in [-0.4, -0.2) is 39.7 Å². The van der Waals surface area contributed by atoms with Crippen molar-refractivity contribution in [2.75, 3.05) is 14.1 Å². The maximum atomic E-state index is 12.7. The molecule has 0 aliphatic carbocycles. The Morgan fingerprint density at radius 1 is 1.00 bits per heavy atom. The molecule has 0 radical (unpaired) electrons. The highest BCUT2D eigenvalue weighted by Gasteiger charge is 2.12. The first-order valence-electron chi connectivity index (χ1n) is 9.95. The molecule has 4 rings (SSSR count). The highest BCUT2D eigenvalue weighted by atomic mass is 16.1. The van der Waals surface area contributed by atoms with E-state index in [0.717, 1.165) is 28.7 Å². The number of amides is 1. The summed E-state index contributed by atoms with van der Waals surface area (Å²) in [4.78, 5) is 19.3. The van der Waals surface area contributed by atoms with Crippen LogP contribution in [0.4, 0.5) is 0 Å². The molecular formula is C24H25N5O. The summed E-state index contributed by atoms with van der Waals surface area (Å²) in [7, 11) is 4.07. The number of benzene rings is 2. The molecule has 0 fully saturated rings. The second-order valence-corrected chi connectivity index (χ2v) is 7.61. The number of nitrogens with zero attached hydrogens (tertiary/aromatic N) is 4. The molecule has 30 heavy (non-hydrogen) atoms. The van der Waals surface area contributed by atoms with Crippen molar-refractivity contribution in [2.45, 2.75) is 19.6 Å². The van der Waals surface area contributed by atoms with Gasteiger partial charge in [0.1, 0.15) is 0 Å². The molecule has 2 aromatic heterocycles. The van der Waals surface area contributed by atoms with Crippen LogP contribution in [0.15, 0.2) is 73.1 Å². The molecule has 0 spiro atoms. The molecule has 1 amide bonds. The van der Waals surface area contributed by atoms with Gasteiger partial charge in [-0.25, -0.2) is 9.67 Å². The van der Waals surface area contributed by atoms with E-state index in [0.29, 0.717) is 18.7 Å². The minimum atomic E-state index is -0.139. The highest BCUT2D eigenvalue weighted by Crippen LogP contribution is 2.15. The SMILES string of the molecule is CN(C)Cc1ccccc1CNC(=O)c1cnc2c(cnn2Cc2ccccc2)c1. The molecule has 4 aromatic rings. The van der Waals surface area contributed by atoms with Gasteiger partial charge in [-0.15, -0.1) is 0 Å². The molecule has 0 aliphatic rings. The predicted molar refractivity (Wildman–Crippen MR) is 118 cm³/mol. The summed E-state index contributed by atoms with van der Waals surface area (Å²) in [6.45, 7) is 1.96. The van der Waals surface area contributed by atoms with Crippen LogP contribution in [0.3, 0.4) is 0 Å². The van der Waals surface area contributed by atoms with Crippen LogP contribution in [0.1, 0.15) is 27.0 Å². The first-order valence-corrected chi connectivity index (χ1v) is 9.95. The van der Waals surface area contributed by atoms with E-state index in [4.69, 9.17) is 0 Å². The van der Waals surface area contributed by atoms with Gasteiger partial charge in [0.25, 0.3) is 5.91 Å². The van der Waals surface area contributed by atoms with Gasteiger partial charge in [-0.1, -0.05) is 54.6 Å². The maximum absolute atomic E-state index is 12.7. The number of nitrogens with one attached hydrogen (secondary N) is 1. The fourth-order valence-electron chi connectivity index (χ4n) is 3.47. The van der Waals surface area contributed by atoms with Crippen LogP contribution in [-0.2, 0) is 19.6 Å². The zero-order valence-electron chi connectivity index (χ0n) is 17.2. The number of rotatable bonds is 7. The molecule has 0 saturated carbocycles. The topological polar surface area (TPSA) is 63.1 Å². The van der Waals surface area contributed by atoms with Gasteiger partial charge in [-0.2, -0.15) is 5.10 Å². The Morgan fingerprint density at radius 2 is 1.73 bits per heavy atom. The standard InChI is InChI=1S/C24H25N5O/c1-28(2)17-20-11-7-6-10-19(20)13-26-24(30)22-12-21-15-27-29(23(21)25-14-22)16-18-8-4-3-5-9-18/h3-12,14-15H,13,16-17H2,1-2H3,(H,26,30). The summed E-state index contributed by atoms with van der Waals surface area (Å²) in [5, 5.41) is 8.31. The number of carbonyl (C=O) groups is 1. The van der Waals surface area contributed by atoms with Crippen molar-refractivity contribution < 1.29 is 4.79 Å². The lowest BCUT2D eigenvalue weighted by molar-refractivity contribution is 0.0950. The smallest absolute Gasteiger partial charge is 0.253 e. The van der Waals surface area contributed by atoms with Crippen LogP contribution >= 0.6 is 0 Å². The Hall–Kier alpha value is -3.51. The molecule has 0 aliphatic heterocycles. The minimum Gasteiger partial charge on any atom is -0.348 e. The van der Waals surface area contributed by atoms with Crippen molar-refractivity contribution in [3.63, 3.8) is 0 Å². The third-order valence-corrected chi connectivity index (χ3v) is 4.96. The number of aromatic nitrogens is 3. The fourth-order valence-corrected chi connectivity index (χ4v) is 3.47. The Balaban J connectivity index is 1.47. The Kier molecular flexibility index (Phi) is 5.86. The van der Waals surface area contributed by atoms with Gasteiger partial charge < -0.3 is 10.2 Å². The van der Waals surface area contributed by atoms with Crippen LogP contribution in [0.2, 0.25) is 0 Å². The summed E-state index contributed by atoms with van der Waals surface area (Å²) in [5.41, 5.74) is 4.78. The van der Waals surface area contributed by atoms with E-state index in [-0.39, 0.29) is 5.91 Å². The zero-order valence-corrected chi connectivity index (χ0v) is 17.2. The molecule has 0 saturated heterocycles.